The van der Waals surface area contributed by atoms with Gasteiger partial charge in [-0.15, -0.1) is 0 Å². The lowest BCUT2D eigenvalue weighted by molar-refractivity contribution is 0.0693. The molecule has 2 heterocycles. The number of nitrogens with zero attached hydrogens (tertiary/aromatic N) is 3. The van der Waals surface area contributed by atoms with Gasteiger partial charge in [0.25, 0.3) is 0 Å². The van der Waals surface area contributed by atoms with E-state index in [0.717, 1.165) is 0 Å². The van der Waals surface area contributed by atoms with E-state index in [1.165, 1.54) is 37.6 Å². The summed E-state index contributed by atoms with van der Waals surface area (Å²) in [6.45, 7) is 0. The van der Waals surface area contributed by atoms with Crippen LogP contribution in [0.2, 0.25) is 0 Å². The second-order valence-corrected chi connectivity index (χ2v) is 4.50. The lowest BCUT2D eigenvalue weighted by atomic mass is 10.0. The molecule has 0 spiro atoms. The molecular weight excluding hydrogens is 218 g/mol. The third-order valence-electron chi connectivity index (χ3n) is 3.42. The Morgan fingerprint density at radius 1 is 1.35 bits per heavy atom. The third-order valence-corrected chi connectivity index (χ3v) is 3.42. The molecule has 2 aromatic heterocycles. The van der Waals surface area contributed by atoms with E-state index >= 15 is 0 Å². The summed E-state index contributed by atoms with van der Waals surface area (Å²) in [6.07, 6.45) is 10.2. The SMILES string of the molecule is O=C(O)c1ncn2cc(C3CCCC3)cnc12. The Morgan fingerprint density at radius 2 is 2.12 bits per heavy atom. The van der Waals surface area contributed by atoms with Crippen molar-refractivity contribution in [1.82, 2.24) is 14.4 Å². The zero-order valence-electron chi connectivity index (χ0n) is 9.33. The molecule has 3 rings (SSSR count). The maximum absolute atomic E-state index is 10.9. The van der Waals surface area contributed by atoms with Gasteiger partial charge in [-0.25, -0.2) is 14.8 Å². The van der Waals surface area contributed by atoms with Gasteiger partial charge in [-0.1, -0.05) is 12.8 Å². The van der Waals surface area contributed by atoms with E-state index in [1.807, 2.05) is 6.20 Å². The maximum atomic E-state index is 10.9. The molecule has 1 aliphatic rings. The first-order valence-corrected chi connectivity index (χ1v) is 5.81. The Balaban J connectivity index is 2.05. The normalized spacial score (nSPS) is 16.7. The monoisotopic (exact) mass is 231 g/mol. The zero-order chi connectivity index (χ0) is 11.8. The van der Waals surface area contributed by atoms with E-state index in [1.54, 1.807) is 10.6 Å². The topological polar surface area (TPSA) is 67.5 Å². The molecule has 0 amide bonds. The molecule has 0 saturated heterocycles. The first-order chi connectivity index (χ1) is 8.25. The van der Waals surface area contributed by atoms with Crippen molar-refractivity contribution in [2.24, 2.45) is 0 Å². The van der Waals surface area contributed by atoms with Crippen molar-refractivity contribution in [1.29, 1.82) is 0 Å². The van der Waals surface area contributed by atoms with Gasteiger partial charge >= 0.3 is 5.97 Å². The highest BCUT2D eigenvalue weighted by Gasteiger charge is 2.19. The molecule has 17 heavy (non-hydrogen) atoms. The summed E-state index contributed by atoms with van der Waals surface area (Å²) < 4.78 is 1.71. The first kappa shape index (κ1) is 10.3. The van der Waals surface area contributed by atoms with Gasteiger partial charge in [0.2, 0.25) is 0 Å². The molecule has 5 nitrogen and oxygen atoms in total. The van der Waals surface area contributed by atoms with Crippen molar-refractivity contribution in [2.75, 3.05) is 0 Å². The minimum Gasteiger partial charge on any atom is -0.476 e. The Hall–Kier alpha value is -1.91. The van der Waals surface area contributed by atoms with E-state index < -0.39 is 5.97 Å². The molecular formula is C12H13N3O2. The van der Waals surface area contributed by atoms with Crippen LogP contribution in [0, 0.1) is 0 Å². The van der Waals surface area contributed by atoms with Crippen molar-refractivity contribution in [3.63, 3.8) is 0 Å². The first-order valence-electron chi connectivity index (χ1n) is 5.81. The summed E-state index contributed by atoms with van der Waals surface area (Å²) in [6, 6.07) is 0. The number of rotatable bonds is 2. The van der Waals surface area contributed by atoms with Crippen LogP contribution < -0.4 is 0 Å². The van der Waals surface area contributed by atoms with Crippen LogP contribution in [0.4, 0.5) is 0 Å². The fourth-order valence-corrected chi connectivity index (χ4v) is 2.53. The van der Waals surface area contributed by atoms with Crippen molar-refractivity contribution in [3.05, 3.63) is 30.0 Å². The predicted octanol–water partition coefficient (Wildman–Crippen LogP) is 2.09. The molecule has 0 bridgehead atoms. The van der Waals surface area contributed by atoms with Gasteiger partial charge in [0, 0.05) is 12.4 Å². The highest BCUT2D eigenvalue weighted by molar-refractivity contribution is 5.92. The molecule has 0 aliphatic heterocycles. The zero-order valence-corrected chi connectivity index (χ0v) is 9.33. The Labute approximate surface area is 98.1 Å². The number of hydrogen-bond donors (Lipinski definition) is 1. The molecule has 88 valence electrons. The number of carboxylic acids is 1. The average Bonchev–Trinajstić information content (AvgIpc) is 2.97. The van der Waals surface area contributed by atoms with Gasteiger partial charge in [0.1, 0.15) is 6.33 Å². The van der Waals surface area contributed by atoms with Crippen LogP contribution in [-0.2, 0) is 0 Å². The van der Waals surface area contributed by atoms with Crippen molar-refractivity contribution >= 4 is 11.6 Å². The number of aromatic carboxylic acids is 1. The lowest BCUT2D eigenvalue weighted by Gasteiger charge is -2.08. The van der Waals surface area contributed by atoms with Gasteiger partial charge in [0.15, 0.2) is 11.3 Å². The minimum absolute atomic E-state index is 0.0166. The van der Waals surface area contributed by atoms with Gasteiger partial charge in [0.05, 0.1) is 0 Å². The predicted molar refractivity (Wildman–Crippen MR) is 61.2 cm³/mol. The second-order valence-electron chi connectivity index (χ2n) is 4.50. The summed E-state index contributed by atoms with van der Waals surface area (Å²) in [7, 11) is 0. The van der Waals surface area contributed by atoms with Crippen LogP contribution in [0.25, 0.3) is 5.65 Å². The summed E-state index contributed by atoms with van der Waals surface area (Å²) in [4.78, 5) is 19.0. The van der Waals surface area contributed by atoms with Crippen LogP contribution >= 0.6 is 0 Å². The summed E-state index contributed by atoms with van der Waals surface area (Å²) in [5, 5.41) is 8.94. The number of aromatic nitrogens is 3. The third kappa shape index (κ3) is 1.67. The molecule has 1 fully saturated rings. The average molecular weight is 231 g/mol. The van der Waals surface area contributed by atoms with E-state index in [0.29, 0.717) is 11.6 Å². The van der Waals surface area contributed by atoms with E-state index in [9.17, 15) is 4.79 Å². The molecule has 1 aliphatic carbocycles. The number of hydrogen-bond acceptors (Lipinski definition) is 3. The number of carbonyl (C=O) groups is 1. The standard InChI is InChI=1S/C12H13N3O2/c16-12(17)10-11-13-5-9(6-15(11)7-14-10)8-3-1-2-4-8/h5-8H,1-4H2,(H,16,17). The van der Waals surface area contributed by atoms with Crippen LogP contribution in [0.1, 0.15) is 47.7 Å². The lowest BCUT2D eigenvalue weighted by Crippen LogP contribution is -2.01. The summed E-state index contributed by atoms with van der Waals surface area (Å²) in [5.74, 6) is -0.462. The second kappa shape index (κ2) is 3.84. The molecule has 1 saturated carbocycles. The van der Waals surface area contributed by atoms with Crippen LogP contribution in [0.15, 0.2) is 18.7 Å². The highest BCUT2D eigenvalue weighted by atomic mass is 16.4. The number of carboxylic acid groups (broad SMARTS) is 1. The molecule has 2 aromatic rings. The maximum Gasteiger partial charge on any atom is 0.358 e. The van der Waals surface area contributed by atoms with Crippen molar-refractivity contribution in [3.8, 4) is 0 Å². The van der Waals surface area contributed by atoms with E-state index in [4.69, 9.17) is 5.11 Å². The Bertz CT molecular complexity index is 570. The van der Waals surface area contributed by atoms with Crippen LogP contribution in [0.3, 0.4) is 0 Å². The molecule has 0 aromatic carbocycles. The van der Waals surface area contributed by atoms with Gasteiger partial charge in [-0.05, 0) is 24.3 Å². The van der Waals surface area contributed by atoms with Crippen molar-refractivity contribution in [2.45, 2.75) is 31.6 Å². The quantitative estimate of drug-likeness (QED) is 0.859. The molecule has 0 unspecified atom stereocenters. The van der Waals surface area contributed by atoms with Crippen molar-refractivity contribution < 1.29 is 9.90 Å². The molecule has 5 heteroatoms. The summed E-state index contributed by atoms with van der Waals surface area (Å²) >= 11 is 0. The number of imidazole rings is 1. The van der Waals surface area contributed by atoms with Gasteiger partial charge in [-0.3, -0.25) is 4.40 Å². The van der Waals surface area contributed by atoms with E-state index in [2.05, 4.69) is 9.97 Å². The fraction of sp³-hybridized carbons (Fsp3) is 0.417. The highest BCUT2D eigenvalue weighted by Crippen LogP contribution is 2.33. The van der Waals surface area contributed by atoms with Gasteiger partial charge < -0.3 is 5.11 Å². The van der Waals surface area contributed by atoms with Gasteiger partial charge in [-0.2, -0.15) is 0 Å². The van der Waals surface area contributed by atoms with Crippen LogP contribution in [-0.4, -0.2) is 25.4 Å². The number of fused-ring (bicyclic) bond motifs is 1. The summed E-state index contributed by atoms with van der Waals surface area (Å²) in [5.41, 5.74) is 1.62. The minimum atomic E-state index is -1.03. The Morgan fingerprint density at radius 3 is 2.82 bits per heavy atom. The molecule has 0 radical (unpaired) electrons. The molecule has 0 atom stereocenters. The van der Waals surface area contributed by atoms with E-state index in [-0.39, 0.29) is 5.69 Å². The largest absolute Gasteiger partial charge is 0.476 e. The Kier molecular flexibility index (Phi) is 2.31. The fourth-order valence-electron chi connectivity index (χ4n) is 2.53. The molecule has 1 N–H and O–H groups in total. The smallest absolute Gasteiger partial charge is 0.358 e. The van der Waals surface area contributed by atoms with Crippen LogP contribution in [0.5, 0.6) is 0 Å².